The van der Waals surface area contributed by atoms with Crippen molar-refractivity contribution >= 4 is 11.7 Å². The van der Waals surface area contributed by atoms with Crippen LogP contribution in [-0.2, 0) is 0 Å². The minimum absolute atomic E-state index is 0.238. The van der Waals surface area contributed by atoms with Gasteiger partial charge in [-0.1, -0.05) is 0 Å². The van der Waals surface area contributed by atoms with Crippen molar-refractivity contribution < 1.29 is 4.79 Å². The zero-order chi connectivity index (χ0) is 10.7. The molecule has 15 heavy (non-hydrogen) atoms. The second-order valence-electron chi connectivity index (χ2n) is 3.09. The normalized spacial score (nSPS) is 9.93. The molecule has 2 aromatic heterocycles. The Morgan fingerprint density at radius 2 is 2.33 bits per heavy atom. The fourth-order valence-electron chi connectivity index (χ4n) is 1.19. The van der Waals surface area contributed by atoms with Gasteiger partial charge in [-0.05, 0) is 19.1 Å². The fourth-order valence-corrected chi connectivity index (χ4v) is 1.19. The Hall–Kier alpha value is -2.17. The number of carbonyl (C=O) groups excluding carboxylic acids is 1. The molecule has 5 nitrogen and oxygen atoms in total. The number of rotatable bonds is 1. The number of aryl methyl sites for hydroxylation is 1. The van der Waals surface area contributed by atoms with Crippen LogP contribution >= 0.6 is 0 Å². The van der Waals surface area contributed by atoms with Crippen molar-refractivity contribution in [2.45, 2.75) is 6.92 Å². The number of anilines is 1. The number of aromatic nitrogens is 3. The van der Waals surface area contributed by atoms with Gasteiger partial charge in [0.25, 0.3) is 0 Å². The SMILES string of the molecule is Cc1cc(NC(=O)n2ccnc2)ccn1. The van der Waals surface area contributed by atoms with Gasteiger partial charge in [0.15, 0.2) is 0 Å². The molecule has 0 unspecified atom stereocenters. The Bertz CT molecular complexity index is 464. The standard InChI is InChI=1S/C10H10N4O/c1-8-6-9(2-3-12-8)13-10(15)14-5-4-11-7-14/h2-7H,1H3,(H,12,13,15). The Balaban J connectivity index is 2.13. The van der Waals surface area contributed by atoms with Gasteiger partial charge in [0.1, 0.15) is 6.33 Å². The number of nitrogens with zero attached hydrogens (tertiary/aromatic N) is 3. The van der Waals surface area contributed by atoms with Crippen LogP contribution in [0, 0.1) is 6.92 Å². The van der Waals surface area contributed by atoms with Crippen LogP contribution in [0.1, 0.15) is 5.69 Å². The average molecular weight is 202 g/mol. The summed E-state index contributed by atoms with van der Waals surface area (Å²) in [5, 5.41) is 2.73. The van der Waals surface area contributed by atoms with Crippen molar-refractivity contribution in [2.24, 2.45) is 0 Å². The van der Waals surface area contributed by atoms with Crippen LogP contribution < -0.4 is 5.32 Å². The van der Waals surface area contributed by atoms with Crippen LogP contribution in [0.2, 0.25) is 0 Å². The minimum Gasteiger partial charge on any atom is -0.307 e. The number of carbonyl (C=O) groups is 1. The van der Waals surface area contributed by atoms with E-state index in [1.165, 1.54) is 10.9 Å². The molecule has 1 N–H and O–H groups in total. The summed E-state index contributed by atoms with van der Waals surface area (Å²) in [5.74, 6) is 0. The summed E-state index contributed by atoms with van der Waals surface area (Å²) < 4.78 is 1.37. The van der Waals surface area contributed by atoms with Gasteiger partial charge in [-0.2, -0.15) is 0 Å². The summed E-state index contributed by atoms with van der Waals surface area (Å²) >= 11 is 0. The van der Waals surface area contributed by atoms with Crippen LogP contribution in [0.25, 0.3) is 0 Å². The molecule has 0 fully saturated rings. The van der Waals surface area contributed by atoms with Crippen LogP contribution in [-0.4, -0.2) is 20.6 Å². The van der Waals surface area contributed by atoms with Gasteiger partial charge < -0.3 is 5.32 Å². The molecular formula is C10H10N4O. The first-order valence-corrected chi connectivity index (χ1v) is 4.48. The van der Waals surface area contributed by atoms with Crippen molar-refractivity contribution in [3.63, 3.8) is 0 Å². The highest BCUT2D eigenvalue weighted by atomic mass is 16.2. The highest BCUT2D eigenvalue weighted by Gasteiger charge is 2.03. The summed E-state index contributed by atoms with van der Waals surface area (Å²) in [6.07, 6.45) is 6.24. The third-order valence-corrected chi connectivity index (χ3v) is 1.89. The molecule has 0 aliphatic carbocycles. The number of amides is 1. The van der Waals surface area contributed by atoms with Crippen LogP contribution in [0.15, 0.2) is 37.1 Å². The first-order valence-electron chi connectivity index (χ1n) is 4.48. The molecule has 76 valence electrons. The lowest BCUT2D eigenvalue weighted by Crippen LogP contribution is -2.17. The summed E-state index contributed by atoms with van der Waals surface area (Å²) in [5.41, 5.74) is 1.58. The molecule has 0 atom stereocenters. The van der Waals surface area contributed by atoms with E-state index in [2.05, 4.69) is 15.3 Å². The number of nitrogens with one attached hydrogen (secondary N) is 1. The fraction of sp³-hybridized carbons (Fsp3) is 0.100. The molecule has 2 aromatic rings. The van der Waals surface area contributed by atoms with E-state index in [1.807, 2.05) is 6.92 Å². The first-order chi connectivity index (χ1) is 7.25. The van der Waals surface area contributed by atoms with Crippen LogP contribution in [0.5, 0.6) is 0 Å². The molecule has 0 bridgehead atoms. The van der Waals surface area contributed by atoms with Gasteiger partial charge in [0.05, 0.1) is 0 Å². The van der Waals surface area contributed by atoms with E-state index >= 15 is 0 Å². The summed E-state index contributed by atoms with van der Waals surface area (Å²) in [6, 6.07) is 3.30. The summed E-state index contributed by atoms with van der Waals surface area (Å²) in [7, 11) is 0. The number of hydrogen-bond acceptors (Lipinski definition) is 3. The molecule has 0 aliphatic heterocycles. The molecule has 0 aromatic carbocycles. The van der Waals surface area contributed by atoms with Crippen molar-refractivity contribution in [3.05, 3.63) is 42.7 Å². The average Bonchev–Trinajstić information content (AvgIpc) is 2.70. The zero-order valence-corrected chi connectivity index (χ0v) is 8.21. The zero-order valence-electron chi connectivity index (χ0n) is 8.21. The molecule has 0 saturated heterocycles. The Morgan fingerprint density at radius 3 is 3.00 bits per heavy atom. The topological polar surface area (TPSA) is 59.8 Å². The van der Waals surface area contributed by atoms with Gasteiger partial charge in [0, 0.05) is 30.0 Å². The van der Waals surface area contributed by atoms with E-state index < -0.39 is 0 Å². The van der Waals surface area contributed by atoms with Crippen LogP contribution in [0.4, 0.5) is 10.5 Å². The third-order valence-electron chi connectivity index (χ3n) is 1.89. The lowest BCUT2D eigenvalue weighted by molar-refractivity contribution is 0.253. The quantitative estimate of drug-likeness (QED) is 0.765. The Labute approximate surface area is 86.8 Å². The maximum atomic E-state index is 11.6. The van der Waals surface area contributed by atoms with Gasteiger partial charge in [0.2, 0.25) is 0 Å². The van der Waals surface area contributed by atoms with Crippen molar-refractivity contribution in [1.29, 1.82) is 0 Å². The van der Waals surface area contributed by atoms with Gasteiger partial charge in [-0.15, -0.1) is 0 Å². The lowest BCUT2D eigenvalue weighted by atomic mass is 10.3. The monoisotopic (exact) mass is 202 g/mol. The van der Waals surface area contributed by atoms with E-state index in [9.17, 15) is 4.79 Å². The van der Waals surface area contributed by atoms with E-state index in [0.29, 0.717) is 0 Å². The highest BCUT2D eigenvalue weighted by Crippen LogP contribution is 2.07. The third kappa shape index (κ3) is 2.19. The first kappa shape index (κ1) is 9.39. The van der Waals surface area contributed by atoms with E-state index in [-0.39, 0.29) is 6.03 Å². The number of hydrogen-bond donors (Lipinski definition) is 1. The van der Waals surface area contributed by atoms with Gasteiger partial charge in [-0.25, -0.2) is 9.78 Å². The van der Waals surface area contributed by atoms with E-state index in [0.717, 1.165) is 11.4 Å². The molecule has 0 aliphatic rings. The molecule has 2 rings (SSSR count). The largest absolute Gasteiger partial charge is 0.331 e. The molecule has 2 heterocycles. The predicted molar refractivity (Wildman–Crippen MR) is 55.6 cm³/mol. The molecule has 0 radical (unpaired) electrons. The molecular weight excluding hydrogens is 192 g/mol. The van der Waals surface area contributed by atoms with Gasteiger partial charge in [-0.3, -0.25) is 9.55 Å². The Kier molecular flexibility index (Phi) is 2.45. The molecule has 0 spiro atoms. The minimum atomic E-state index is -0.238. The smallest absolute Gasteiger partial charge is 0.307 e. The van der Waals surface area contributed by atoms with Gasteiger partial charge >= 0.3 is 6.03 Å². The lowest BCUT2D eigenvalue weighted by Gasteiger charge is -2.04. The van der Waals surface area contributed by atoms with Crippen LogP contribution in [0.3, 0.4) is 0 Å². The summed E-state index contributed by atoms with van der Waals surface area (Å²) in [6.45, 7) is 1.87. The van der Waals surface area contributed by atoms with Crippen molar-refractivity contribution in [1.82, 2.24) is 14.5 Å². The van der Waals surface area contributed by atoms with Crippen molar-refractivity contribution in [3.8, 4) is 0 Å². The van der Waals surface area contributed by atoms with Crippen molar-refractivity contribution in [2.75, 3.05) is 5.32 Å². The maximum Gasteiger partial charge on any atom is 0.331 e. The summed E-state index contributed by atoms with van der Waals surface area (Å²) in [4.78, 5) is 19.4. The molecule has 0 saturated carbocycles. The second-order valence-corrected chi connectivity index (χ2v) is 3.09. The molecule has 5 heteroatoms. The number of imidazole rings is 1. The molecule has 1 amide bonds. The van der Waals surface area contributed by atoms with E-state index in [1.54, 1.807) is 30.7 Å². The predicted octanol–water partition coefficient (Wildman–Crippen LogP) is 1.67. The Morgan fingerprint density at radius 1 is 1.47 bits per heavy atom. The number of pyridine rings is 1. The maximum absolute atomic E-state index is 11.6. The second kappa shape index (κ2) is 3.91. The highest BCUT2D eigenvalue weighted by molar-refractivity contribution is 5.90. The van der Waals surface area contributed by atoms with E-state index in [4.69, 9.17) is 0 Å².